The maximum Gasteiger partial charge on any atom is 0.308 e. The molecule has 6 nitrogen and oxygen atoms in total. The molecule has 6 heteroatoms. The molecule has 4 fully saturated rings. The molecule has 1 saturated heterocycles. The highest BCUT2D eigenvalue weighted by Crippen LogP contribution is 2.75. The smallest absolute Gasteiger partial charge is 0.308 e. The van der Waals surface area contributed by atoms with Gasteiger partial charge in [0.25, 0.3) is 0 Å². The lowest BCUT2D eigenvalue weighted by atomic mass is 9.46. The number of epoxide rings is 1. The topological polar surface area (TPSA) is 85.4 Å². The van der Waals surface area contributed by atoms with Crippen LogP contribution in [0.15, 0.2) is 11.6 Å². The first-order chi connectivity index (χ1) is 15.5. The highest BCUT2D eigenvalue weighted by Gasteiger charge is 2.82. The van der Waals surface area contributed by atoms with Crippen LogP contribution in [0.2, 0.25) is 0 Å². The van der Waals surface area contributed by atoms with Crippen molar-refractivity contribution in [2.45, 2.75) is 109 Å². The molecule has 3 saturated carbocycles. The van der Waals surface area contributed by atoms with Crippen LogP contribution in [0.4, 0.5) is 0 Å². The molecule has 1 N–H and O–H groups in total. The van der Waals surface area contributed by atoms with Gasteiger partial charge in [-0.3, -0.25) is 9.59 Å². The summed E-state index contributed by atoms with van der Waals surface area (Å²) in [7, 11) is 0. The SMILES string of the molecule is CCOC(=O)C[C@@](C)(O)[C@@]12O[C@@H]1C[C@H]1[C@@H]3CC=C4C[C@@H](OC(C)=O)CC[C@]4(C)[C@H]3CC[C@@]12C. The van der Waals surface area contributed by atoms with Gasteiger partial charge in [0.05, 0.1) is 19.1 Å². The van der Waals surface area contributed by atoms with Crippen molar-refractivity contribution in [3.8, 4) is 0 Å². The summed E-state index contributed by atoms with van der Waals surface area (Å²) in [5.74, 6) is 1.11. The minimum atomic E-state index is -1.23. The molecule has 1 heterocycles. The van der Waals surface area contributed by atoms with Crippen LogP contribution in [0.25, 0.3) is 0 Å². The van der Waals surface area contributed by atoms with Crippen molar-refractivity contribution in [1.29, 1.82) is 0 Å². The van der Waals surface area contributed by atoms with Crippen LogP contribution in [0.1, 0.15) is 86.0 Å². The second-order valence-electron chi connectivity index (χ2n) is 12.0. The summed E-state index contributed by atoms with van der Waals surface area (Å²) in [5, 5.41) is 11.6. The van der Waals surface area contributed by atoms with Gasteiger partial charge in [0, 0.05) is 18.8 Å². The van der Waals surface area contributed by atoms with E-state index in [2.05, 4.69) is 19.9 Å². The number of carbonyl (C=O) groups is 2. The first kappa shape index (κ1) is 23.3. The van der Waals surface area contributed by atoms with Gasteiger partial charge in [-0.25, -0.2) is 0 Å². The number of rotatable bonds is 5. The van der Waals surface area contributed by atoms with E-state index in [4.69, 9.17) is 14.2 Å². The summed E-state index contributed by atoms with van der Waals surface area (Å²) in [6, 6.07) is 0. The number of hydrogen-bond acceptors (Lipinski definition) is 6. The Kier molecular flexibility index (Phi) is 5.34. The number of ether oxygens (including phenoxy) is 3. The predicted molar refractivity (Wildman–Crippen MR) is 122 cm³/mol. The Labute approximate surface area is 197 Å². The lowest BCUT2D eigenvalue weighted by Crippen LogP contribution is -2.59. The molecule has 5 rings (SSSR count). The Morgan fingerprint density at radius 2 is 2.00 bits per heavy atom. The Hall–Kier alpha value is -1.40. The summed E-state index contributed by atoms with van der Waals surface area (Å²) in [6.07, 6.45) is 9.44. The largest absolute Gasteiger partial charge is 0.466 e. The Balaban J connectivity index is 1.39. The predicted octanol–water partition coefficient (Wildman–Crippen LogP) is 4.33. The van der Waals surface area contributed by atoms with Gasteiger partial charge in [0.1, 0.15) is 17.3 Å². The normalized spacial score (nSPS) is 47.1. The van der Waals surface area contributed by atoms with Crippen LogP contribution in [-0.4, -0.2) is 47.1 Å². The van der Waals surface area contributed by atoms with Crippen LogP contribution >= 0.6 is 0 Å². The maximum atomic E-state index is 12.3. The first-order valence-electron chi connectivity index (χ1n) is 12.9. The molecule has 0 spiro atoms. The fourth-order valence-corrected chi connectivity index (χ4v) is 9.03. The average Bonchev–Trinajstić information content (AvgIpc) is 3.41. The van der Waals surface area contributed by atoms with Crippen molar-refractivity contribution in [2.24, 2.45) is 28.6 Å². The van der Waals surface area contributed by atoms with Gasteiger partial charge in [0.2, 0.25) is 0 Å². The molecule has 0 aromatic heterocycles. The van der Waals surface area contributed by atoms with Crippen LogP contribution < -0.4 is 0 Å². The summed E-state index contributed by atoms with van der Waals surface area (Å²) in [6.45, 7) is 10.1. The summed E-state index contributed by atoms with van der Waals surface area (Å²) < 4.78 is 17.0. The molecule has 184 valence electrons. The average molecular weight is 461 g/mol. The molecule has 0 aromatic rings. The second kappa shape index (κ2) is 7.55. The lowest BCUT2D eigenvalue weighted by molar-refractivity contribution is -0.165. The van der Waals surface area contributed by atoms with Gasteiger partial charge in [0.15, 0.2) is 0 Å². The Morgan fingerprint density at radius 1 is 1.24 bits per heavy atom. The number of aliphatic hydroxyl groups is 1. The van der Waals surface area contributed by atoms with Gasteiger partial charge in [-0.05, 0) is 75.5 Å². The maximum absolute atomic E-state index is 12.3. The quantitative estimate of drug-likeness (QED) is 0.373. The zero-order valence-corrected chi connectivity index (χ0v) is 20.8. The van der Waals surface area contributed by atoms with Gasteiger partial charge >= 0.3 is 11.9 Å². The minimum Gasteiger partial charge on any atom is -0.466 e. The molecule has 0 radical (unpaired) electrons. The van der Waals surface area contributed by atoms with Crippen LogP contribution in [-0.2, 0) is 23.8 Å². The van der Waals surface area contributed by atoms with E-state index in [1.807, 2.05) is 0 Å². The highest BCUT2D eigenvalue weighted by atomic mass is 16.6. The molecular weight excluding hydrogens is 420 g/mol. The summed E-state index contributed by atoms with van der Waals surface area (Å²) in [4.78, 5) is 23.8. The van der Waals surface area contributed by atoms with Crippen molar-refractivity contribution >= 4 is 11.9 Å². The number of hydrogen-bond donors (Lipinski definition) is 1. The summed E-state index contributed by atoms with van der Waals surface area (Å²) >= 11 is 0. The van der Waals surface area contributed by atoms with Gasteiger partial charge in [-0.1, -0.05) is 25.5 Å². The van der Waals surface area contributed by atoms with Crippen molar-refractivity contribution in [3.63, 3.8) is 0 Å². The van der Waals surface area contributed by atoms with E-state index in [-0.39, 0.29) is 41.4 Å². The minimum absolute atomic E-state index is 0.0148. The standard InChI is InChI=1S/C27H40O6/c1-6-31-23(29)15-26(5,30)27-22(33-27)14-21-19-8-7-17-13-18(32-16(2)28)9-11-24(17,3)20(19)10-12-25(21,27)4/h7,18-22,30H,6,8-15H2,1-5H3/t18-,19+,20-,21-,22+,24-,25-,26+,27+/m0/s1. The van der Waals surface area contributed by atoms with Gasteiger partial charge in [-0.2, -0.15) is 0 Å². The fourth-order valence-electron chi connectivity index (χ4n) is 9.03. The van der Waals surface area contributed by atoms with E-state index in [9.17, 15) is 14.7 Å². The Morgan fingerprint density at radius 3 is 2.70 bits per heavy atom. The van der Waals surface area contributed by atoms with Crippen LogP contribution in [0.5, 0.6) is 0 Å². The van der Waals surface area contributed by atoms with E-state index in [0.29, 0.717) is 24.4 Å². The van der Waals surface area contributed by atoms with E-state index in [1.54, 1.807) is 13.8 Å². The van der Waals surface area contributed by atoms with Crippen molar-refractivity contribution < 1.29 is 28.9 Å². The number of allylic oxidation sites excluding steroid dienone is 1. The van der Waals surface area contributed by atoms with E-state index >= 15 is 0 Å². The molecule has 0 bridgehead atoms. The molecule has 9 atom stereocenters. The molecule has 0 amide bonds. The Bertz CT molecular complexity index is 878. The van der Waals surface area contributed by atoms with E-state index in [1.165, 1.54) is 12.5 Å². The summed E-state index contributed by atoms with van der Waals surface area (Å²) in [5.41, 5.74) is -0.392. The molecular formula is C27H40O6. The van der Waals surface area contributed by atoms with Crippen molar-refractivity contribution in [2.75, 3.05) is 6.61 Å². The third-order valence-electron chi connectivity index (χ3n) is 10.4. The van der Waals surface area contributed by atoms with Crippen molar-refractivity contribution in [1.82, 2.24) is 0 Å². The third kappa shape index (κ3) is 3.19. The molecule has 33 heavy (non-hydrogen) atoms. The first-order valence-corrected chi connectivity index (χ1v) is 12.9. The molecule has 5 aliphatic rings. The number of carbonyl (C=O) groups excluding carboxylic acids is 2. The van der Waals surface area contributed by atoms with Crippen LogP contribution in [0.3, 0.4) is 0 Å². The molecule has 0 unspecified atom stereocenters. The van der Waals surface area contributed by atoms with Gasteiger partial charge in [-0.15, -0.1) is 0 Å². The molecule has 0 aromatic carbocycles. The third-order valence-corrected chi connectivity index (χ3v) is 10.4. The van der Waals surface area contributed by atoms with E-state index in [0.717, 1.165) is 44.9 Å². The molecule has 4 aliphatic carbocycles. The number of esters is 2. The zero-order chi connectivity index (χ0) is 23.8. The second-order valence-corrected chi connectivity index (χ2v) is 12.0. The number of fused-ring (bicyclic) bond motifs is 7. The fraction of sp³-hybridized carbons (Fsp3) is 0.852. The zero-order valence-electron chi connectivity index (χ0n) is 20.8. The van der Waals surface area contributed by atoms with Crippen molar-refractivity contribution in [3.05, 3.63) is 11.6 Å². The monoisotopic (exact) mass is 460 g/mol. The molecule has 1 aliphatic heterocycles. The lowest BCUT2D eigenvalue weighted by Gasteiger charge is -2.59. The van der Waals surface area contributed by atoms with Gasteiger partial charge < -0.3 is 19.3 Å². The van der Waals surface area contributed by atoms with E-state index < -0.39 is 11.2 Å². The highest BCUT2D eigenvalue weighted by molar-refractivity contribution is 5.71. The van der Waals surface area contributed by atoms with Crippen LogP contribution in [0, 0.1) is 28.6 Å².